The number of esters is 1. The zero-order chi connectivity index (χ0) is 12.8. The molecule has 94 valence electrons. The molecule has 0 aliphatic heterocycles. The first-order valence-corrected chi connectivity index (χ1v) is 6.40. The third kappa shape index (κ3) is 3.27. The average Bonchev–Trinajstić information content (AvgIpc) is 2.90. The van der Waals surface area contributed by atoms with Crippen LogP contribution in [-0.4, -0.2) is 22.2 Å². The van der Waals surface area contributed by atoms with Gasteiger partial charge in [0, 0.05) is 11.1 Å². The number of carbonyl (C=O) groups excluding carboxylic acids is 1. The average molecular weight is 263 g/mol. The van der Waals surface area contributed by atoms with E-state index >= 15 is 0 Å². The number of hydrogen-bond acceptors (Lipinski definition) is 6. The minimum atomic E-state index is -0.298. The molecule has 2 rings (SSSR count). The van der Waals surface area contributed by atoms with Crippen molar-refractivity contribution in [2.75, 3.05) is 11.9 Å². The second kappa shape index (κ2) is 6.11. The van der Waals surface area contributed by atoms with Crippen LogP contribution in [0.2, 0.25) is 0 Å². The van der Waals surface area contributed by atoms with Crippen molar-refractivity contribution in [3.63, 3.8) is 0 Å². The summed E-state index contributed by atoms with van der Waals surface area (Å²) in [6, 6.07) is 7.15. The smallest absolute Gasteiger partial charge is 0.338 e. The van der Waals surface area contributed by atoms with E-state index in [0.717, 1.165) is 11.4 Å². The fourth-order valence-electron chi connectivity index (χ4n) is 1.39. The lowest BCUT2D eigenvalue weighted by atomic mass is 10.2. The summed E-state index contributed by atoms with van der Waals surface area (Å²) in [7, 11) is 0. The third-order valence-corrected chi connectivity index (χ3v) is 2.83. The van der Waals surface area contributed by atoms with Crippen LogP contribution in [-0.2, 0) is 11.3 Å². The summed E-state index contributed by atoms with van der Waals surface area (Å²) in [6.45, 7) is 2.79. The zero-order valence-corrected chi connectivity index (χ0v) is 10.7. The molecule has 0 saturated carbocycles. The summed E-state index contributed by atoms with van der Waals surface area (Å²) in [6.07, 6.45) is 0. The maximum Gasteiger partial charge on any atom is 0.338 e. The highest BCUT2D eigenvalue weighted by atomic mass is 32.1. The standard InChI is InChI=1S/C12H13N3O2S/c1-2-17-12(16)9-3-5-10(6-4-9)13-7-11-8-18-15-14-11/h3-6,8,13H,2,7H2,1H3. The van der Waals surface area contributed by atoms with Crippen LogP contribution >= 0.6 is 11.5 Å². The van der Waals surface area contributed by atoms with Crippen LogP contribution in [0.25, 0.3) is 0 Å². The van der Waals surface area contributed by atoms with Gasteiger partial charge < -0.3 is 10.1 Å². The molecule has 0 spiro atoms. The van der Waals surface area contributed by atoms with Gasteiger partial charge in [-0.25, -0.2) is 4.79 Å². The molecule has 1 aromatic carbocycles. The Kier molecular flexibility index (Phi) is 4.25. The molecule has 0 bridgehead atoms. The van der Waals surface area contributed by atoms with Gasteiger partial charge in [-0.3, -0.25) is 0 Å². The summed E-state index contributed by atoms with van der Waals surface area (Å²) < 4.78 is 8.69. The minimum absolute atomic E-state index is 0.298. The molecule has 2 aromatic rings. The Morgan fingerprint density at radius 3 is 2.78 bits per heavy atom. The zero-order valence-electron chi connectivity index (χ0n) is 9.92. The quantitative estimate of drug-likeness (QED) is 0.839. The monoisotopic (exact) mass is 263 g/mol. The maximum atomic E-state index is 11.4. The van der Waals surface area contributed by atoms with Crippen LogP contribution in [0.1, 0.15) is 23.0 Å². The van der Waals surface area contributed by atoms with Crippen LogP contribution in [0.3, 0.4) is 0 Å². The number of anilines is 1. The van der Waals surface area contributed by atoms with Gasteiger partial charge in [-0.2, -0.15) is 0 Å². The molecule has 6 heteroatoms. The molecule has 1 aromatic heterocycles. The lowest BCUT2D eigenvalue weighted by molar-refractivity contribution is 0.0526. The predicted molar refractivity (Wildman–Crippen MR) is 69.6 cm³/mol. The maximum absolute atomic E-state index is 11.4. The molecule has 0 fully saturated rings. The van der Waals surface area contributed by atoms with Crippen LogP contribution < -0.4 is 5.32 Å². The second-order valence-electron chi connectivity index (χ2n) is 3.55. The Labute approximate surface area is 109 Å². The Bertz CT molecular complexity index is 497. The van der Waals surface area contributed by atoms with E-state index in [4.69, 9.17) is 4.74 Å². The molecule has 5 nitrogen and oxygen atoms in total. The number of rotatable bonds is 5. The fourth-order valence-corrected chi connectivity index (χ4v) is 1.84. The SMILES string of the molecule is CCOC(=O)c1ccc(NCc2csnn2)cc1. The highest BCUT2D eigenvalue weighted by Gasteiger charge is 2.05. The fraction of sp³-hybridized carbons (Fsp3) is 0.250. The lowest BCUT2D eigenvalue weighted by Crippen LogP contribution is -2.05. The Morgan fingerprint density at radius 1 is 1.39 bits per heavy atom. The highest BCUT2D eigenvalue weighted by Crippen LogP contribution is 2.11. The molecule has 0 aliphatic carbocycles. The van der Waals surface area contributed by atoms with E-state index < -0.39 is 0 Å². The number of carbonyl (C=O) groups is 1. The van der Waals surface area contributed by atoms with Crippen molar-refractivity contribution in [1.29, 1.82) is 0 Å². The largest absolute Gasteiger partial charge is 0.462 e. The summed E-state index contributed by atoms with van der Waals surface area (Å²) in [5.74, 6) is -0.298. The van der Waals surface area contributed by atoms with Crippen molar-refractivity contribution in [2.45, 2.75) is 13.5 Å². The summed E-state index contributed by atoms with van der Waals surface area (Å²) in [5, 5.41) is 9.02. The summed E-state index contributed by atoms with van der Waals surface area (Å²) >= 11 is 1.32. The van der Waals surface area contributed by atoms with Crippen molar-refractivity contribution in [3.8, 4) is 0 Å². The molecule has 0 amide bonds. The molecule has 0 radical (unpaired) electrons. The Morgan fingerprint density at radius 2 is 2.17 bits per heavy atom. The van der Waals surface area contributed by atoms with Gasteiger partial charge in [-0.05, 0) is 42.7 Å². The second-order valence-corrected chi connectivity index (χ2v) is 4.16. The topological polar surface area (TPSA) is 64.1 Å². The molecule has 0 atom stereocenters. The molecular weight excluding hydrogens is 250 g/mol. The number of hydrogen-bond donors (Lipinski definition) is 1. The molecule has 18 heavy (non-hydrogen) atoms. The first-order valence-electron chi connectivity index (χ1n) is 5.56. The highest BCUT2D eigenvalue weighted by molar-refractivity contribution is 7.03. The Hall–Kier alpha value is -1.95. The summed E-state index contributed by atoms with van der Waals surface area (Å²) in [4.78, 5) is 11.4. The van der Waals surface area contributed by atoms with Gasteiger partial charge in [0.15, 0.2) is 0 Å². The number of nitrogens with one attached hydrogen (secondary N) is 1. The van der Waals surface area contributed by atoms with E-state index in [-0.39, 0.29) is 5.97 Å². The molecule has 0 unspecified atom stereocenters. The first kappa shape index (κ1) is 12.5. The third-order valence-electron chi connectivity index (χ3n) is 2.27. The predicted octanol–water partition coefficient (Wildman–Crippen LogP) is 2.33. The van der Waals surface area contributed by atoms with E-state index in [1.54, 1.807) is 19.1 Å². The first-order chi connectivity index (χ1) is 8.79. The lowest BCUT2D eigenvalue weighted by Gasteiger charge is -2.05. The molecular formula is C12H13N3O2S. The van der Waals surface area contributed by atoms with Gasteiger partial charge in [0.25, 0.3) is 0 Å². The molecule has 0 saturated heterocycles. The van der Waals surface area contributed by atoms with Gasteiger partial charge in [0.1, 0.15) is 0 Å². The minimum Gasteiger partial charge on any atom is -0.462 e. The van der Waals surface area contributed by atoms with Crippen molar-refractivity contribution in [1.82, 2.24) is 9.59 Å². The van der Waals surface area contributed by atoms with Gasteiger partial charge in [0.05, 0.1) is 24.4 Å². The van der Waals surface area contributed by atoms with E-state index in [9.17, 15) is 4.79 Å². The van der Waals surface area contributed by atoms with E-state index in [1.807, 2.05) is 17.5 Å². The van der Waals surface area contributed by atoms with E-state index in [1.165, 1.54) is 11.5 Å². The molecule has 1 heterocycles. The normalized spacial score (nSPS) is 10.1. The van der Waals surface area contributed by atoms with Crippen molar-refractivity contribution < 1.29 is 9.53 Å². The van der Waals surface area contributed by atoms with Gasteiger partial charge in [0.2, 0.25) is 0 Å². The van der Waals surface area contributed by atoms with Crippen molar-refractivity contribution in [3.05, 3.63) is 40.9 Å². The van der Waals surface area contributed by atoms with Gasteiger partial charge in [-0.15, -0.1) is 5.10 Å². The van der Waals surface area contributed by atoms with Crippen LogP contribution in [0.15, 0.2) is 29.6 Å². The number of benzene rings is 1. The number of aromatic nitrogens is 2. The number of nitrogens with zero attached hydrogens (tertiary/aromatic N) is 2. The van der Waals surface area contributed by atoms with E-state index in [0.29, 0.717) is 18.7 Å². The van der Waals surface area contributed by atoms with Gasteiger partial charge in [-0.1, -0.05) is 4.49 Å². The molecule has 0 aliphatic rings. The van der Waals surface area contributed by atoms with Gasteiger partial charge >= 0.3 is 5.97 Å². The number of ether oxygens (including phenoxy) is 1. The van der Waals surface area contributed by atoms with Crippen LogP contribution in [0.5, 0.6) is 0 Å². The van der Waals surface area contributed by atoms with Crippen LogP contribution in [0.4, 0.5) is 5.69 Å². The Balaban J connectivity index is 1.93. The summed E-state index contributed by atoms with van der Waals surface area (Å²) in [5.41, 5.74) is 2.38. The molecule has 1 N–H and O–H groups in total. The van der Waals surface area contributed by atoms with Crippen molar-refractivity contribution in [2.24, 2.45) is 0 Å². The van der Waals surface area contributed by atoms with E-state index in [2.05, 4.69) is 14.9 Å². The van der Waals surface area contributed by atoms with Crippen LogP contribution in [0, 0.1) is 0 Å². The van der Waals surface area contributed by atoms with Crippen molar-refractivity contribution >= 4 is 23.2 Å².